The highest BCUT2D eigenvalue weighted by atomic mass is 79.9. The van der Waals surface area contributed by atoms with E-state index >= 15 is 0 Å². The van der Waals surface area contributed by atoms with Gasteiger partial charge in [-0.25, -0.2) is 0 Å². The Morgan fingerprint density at radius 1 is 1.35 bits per heavy atom. The molecule has 0 atom stereocenters. The van der Waals surface area contributed by atoms with Crippen molar-refractivity contribution in [3.63, 3.8) is 0 Å². The van der Waals surface area contributed by atoms with E-state index in [-0.39, 0.29) is 11.4 Å². The molecule has 0 aromatic heterocycles. The van der Waals surface area contributed by atoms with Gasteiger partial charge in [0.25, 0.3) is 5.91 Å². The molecule has 1 amide bonds. The first kappa shape index (κ1) is 14.2. The SMILES string of the molecule is CC(C)(C)N(CCN)C(=O)c1ccccc1Br. The van der Waals surface area contributed by atoms with Crippen molar-refractivity contribution >= 4 is 21.8 Å². The lowest BCUT2D eigenvalue weighted by Gasteiger charge is -2.35. The van der Waals surface area contributed by atoms with Gasteiger partial charge in [-0.1, -0.05) is 12.1 Å². The first-order valence-corrected chi connectivity index (χ1v) is 6.44. The Bertz CT molecular complexity index is 399. The molecule has 0 fully saturated rings. The summed E-state index contributed by atoms with van der Waals surface area (Å²) in [6.45, 7) is 7.06. The molecular formula is C13H19BrN2O. The van der Waals surface area contributed by atoms with Crippen molar-refractivity contribution in [2.24, 2.45) is 5.73 Å². The number of halogens is 1. The normalized spacial score (nSPS) is 11.4. The van der Waals surface area contributed by atoms with Gasteiger partial charge in [0.05, 0.1) is 5.56 Å². The molecule has 0 saturated carbocycles. The molecule has 0 aliphatic heterocycles. The van der Waals surface area contributed by atoms with Crippen LogP contribution in [0.25, 0.3) is 0 Å². The first-order valence-electron chi connectivity index (χ1n) is 5.64. The number of benzene rings is 1. The zero-order valence-electron chi connectivity index (χ0n) is 10.5. The average Bonchev–Trinajstić information content (AvgIpc) is 2.24. The maximum absolute atomic E-state index is 12.4. The van der Waals surface area contributed by atoms with Gasteiger partial charge in [-0.2, -0.15) is 0 Å². The van der Waals surface area contributed by atoms with E-state index < -0.39 is 0 Å². The number of nitrogens with two attached hydrogens (primary N) is 1. The van der Waals surface area contributed by atoms with Crippen LogP contribution in [0.3, 0.4) is 0 Å². The first-order chi connectivity index (χ1) is 7.88. The van der Waals surface area contributed by atoms with Gasteiger partial charge in [0.2, 0.25) is 0 Å². The summed E-state index contributed by atoms with van der Waals surface area (Å²) in [4.78, 5) is 14.2. The van der Waals surface area contributed by atoms with Crippen LogP contribution in [0.1, 0.15) is 31.1 Å². The van der Waals surface area contributed by atoms with Crippen molar-refractivity contribution in [3.05, 3.63) is 34.3 Å². The molecule has 1 aromatic rings. The Labute approximate surface area is 111 Å². The number of carbonyl (C=O) groups is 1. The Hall–Kier alpha value is -0.870. The lowest BCUT2D eigenvalue weighted by molar-refractivity contribution is 0.0590. The summed E-state index contributed by atoms with van der Waals surface area (Å²) in [5.41, 5.74) is 6.02. The monoisotopic (exact) mass is 298 g/mol. The fraction of sp³-hybridized carbons (Fsp3) is 0.462. The van der Waals surface area contributed by atoms with Gasteiger partial charge in [0.1, 0.15) is 0 Å². The molecule has 0 aliphatic rings. The summed E-state index contributed by atoms with van der Waals surface area (Å²) in [5, 5.41) is 0. The second kappa shape index (κ2) is 5.65. The van der Waals surface area contributed by atoms with Crippen molar-refractivity contribution in [3.8, 4) is 0 Å². The Balaban J connectivity index is 3.05. The van der Waals surface area contributed by atoms with Gasteiger partial charge >= 0.3 is 0 Å². The van der Waals surface area contributed by atoms with Crippen LogP contribution in [0.4, 0.5) is 0 Å². The van der Waals surface area contributed by atoms with E-state index in [4.69, 9.17) is 5.73 Å². The number of carbonyl (C=O) groups excluding carboxylic acids is 1. The van der Waals surface area contributed by atoms with Crippen LogP contribution in [0.5, 0.6) is 0 Å². The molecule has 0 saturated heterocycles. The quantitative estimate of drug-likeness (QED) is 0.932. The molecule has 1 rings (SSSR count). The topological polar surface area (TPSA) is 46.3 Å². The Morgan fingerprint density at radius 2 is 1.94 bits per heavy atom. The lowest BCUT2D eigenvalue weighted by Crippen LogP contribution is -2.48. The summed E-state index contributed by atoms with van der Waals surface area (Å²) in [5.74, 6) is 0.00965. The molecule has 0 aliphatic carbocycles. The summed E-state index contributed by atoms with van der Waals surface area (Å²) in [6, 6.07) is 7.45. The van der Waals surface area contributed by atoms with Crippen LogP contribution in [0.2, 0.25) is 0 Å². The number of rotatable bonds is 3. The highest BCUT2D eigenvalue weighted by molar-refractivity contribution is 9.10. The highest BCUT2D eigenvalue weighted by Gasteiger charge is 2.27. The zero-order valence-corrected chi connectivity index (χ0v) is 12.1. The smallest absolute Gasteiger partial charge is 0.255 e. The molecule has 0 unspecified atom stereocenters. The van der Waals surface area contributed by atoms with Gasteiger partial charge in [-0.3, -0.25) is 4.79 Å². The van der Waals surface area contributed by atoms with Crippen LogP contribution < -0.4 is 5.73 Å². The van der Waals surface area contributed by atoms with Gasteiger partial charge in [0, 0.05) is 23.1 Å². The van der Waals surface area contributed by atoms with Gasteiger partial charge in [-0.15, -0.1) is 0 Å². The maximum atomic E-state index is 12.4. The van der Waals surface area contributed by atoms with E-state index in [1.165, 1.54) is 0 Å². The van der Waals surface area contributed by atoms with Crippen LogP contribution >= 0.6 is 15.9 Å². The Kier molecular flexibility index (Phi) is 4.71. The van der Waals surface area contributed by atoms with Crippen molar-refractivity contribution in [1.29, 1.82) is 0 Å². The molecule has 0 radical (unpaired) electrons. The highest BCUT2D eigenvalue weighted by Crippen LogP contribution is 2.22. The number of hydrogen-bond acceptors (Lipinski definition) is 2. The summed E-state index contributed by atoms with van der Waals surface area (Å²) >= 11 is 3.40. The molecule has 17 heavy (non-hydrogen) atoms. The molecule has 2 N–H and O–H groups in total. The minimum absolute atomic E-state index is 0.00965. The molecule has 0 heterocycles. The van der Waals surface area contributed by atoms with E-state index in [9.17, 15) is 4.79 Å². The molecule has 3 nitrogen and oxygen atoms in total. The second-order valence-electron chi connectivity index (χ2n) is 4.90. The van der Waals surface area contributed by atoms with Crippen molar-refractivity contribution in [2.45, 2.75) is 26.3 Å². The molecule has 94 valence electrons. The summed E-state index contributed by atoms with van der Waals surface area (Å²) in [7, 11) is 0. The number of nitrogens with zero attached hydrogens (tertiary/aromatic N) is 1. The molecule has 1 aromatic carbocycles. The zero-order chi connectivity index (χ0) is 13.1. The lowest BCUT2D eigenvalue weighted by atomic mass is 10.0. The second-order valence-corrected chi connectivity index (χ2v) is 5.75. The minimum Gasteiger partial charge on any atom is -0.333 e. The minimum atomic E-state index is -0.230. The summed E-state index contributed by atoms with van der Waals surface area (Å²) < 4.78 is 0.816. The van der Waals surface area contributed by atoms with Gasteiger partial charge in [-0.05, 0) is 48.8 Å². The molecule has 0 bridgehead atoms. The third kappa shape index (κ3) is 3.54. The molecule has 4 heteroatoms. The Morgan fingerprint density at radius 3 is 2.41 bits per heavy atom. The third-order valence-corrected chi connectivity index (χ3v) is 3.20. The predicted molar refractivity (Wildman–Crippen MR) is 74.0 cm³/mol. The van der Waals surface area contributed by atoms with Crippen LogP contribution in [-0.4, -0.2) is 29.4 Å². The van der Waals surface area contributed by atoms with Crippen LogP contribution in [0.15, 0.2) is 28.7 Å². The van der Waals surface area contributed by atoms with E-state index in [1.807, 2.05) is 45.0 Å². The predicted octanol–water partition coefficient (Wildman–Crippen LogP) is 2.65. The van der Waals surface area contributed by atoms with Gasteiger partial charge in [0.15, 0.2) is 0 Å². The average molecular weight is 299 g/mol. The third-order valence-electron chi connectivity index (χ3n) is 2.51. The van der Waals surface area contributed by atoms with Gasteiger partial charge < -0.3 is 10.6 Å². The van der Waals surface area contributed by atoms with Crippen LogP contribution in [0, 0.1) is 0 Å². The largest absolute Gasteiger partial charge is 0.333 e. The fourth-order valence-corrected chi connectivity index (χ4v) is 2.11. The van der Waals surface area contributed by atoms with E-state index in [1.54, 1.807) is 4.90 Å². The van der Waals surface area contributed by atoms with Crippen molar-refractivity contribution in [1.82, 2.24) is 4.90 Å². The maximum Gasteiger partial charge on any atom is 0.255 e. The number of amides is 1. The molecule has 0 spiro atoms. The van der Waals surface area contributed by atoms with Crippen molar-refractivity contribution in [2.75, 3.05) is 13.1 Å². The van der Waals surface area contributed by atoms with Crippen molar-refractivity contribution < 1.29 is 4.79 Å². The molecular weight excluding hydrogens is 280 g/mol. The summed E-state index contributed by atoms with van der Waals surface area (Å²) in [6.07, 6.45) is 0. The van der Waals surface area contributed by atoms with E-state index in [0.717, 1.165) is 4.47 Å². The van der Waals surface area contributed by atoms with Crippen LogP contribution in [-0.2, 0) is 0 Å². The fourth-order valence-electron chi connectivity index (χ4n) is 1.65. The van der Waals surface area contributed by atoms with E-state index in [0.29, 0.717) is 18.7 Å². The standard InChI is InChI=1S/C13H19BrN2O/c1-13(2,3)16(9-8-15)12(17)10-6-4-5-7-11(10)14/h4-7H,8-9,15H2,1-3H3. The number of hydrogen-bond donors (Lipinski definition) is 1. The van der Waals surface area contributed by atoms with E-state index in [2.05, 4.69) is 15.9 Å².